The number of esters is 1. The lowest BCUT2D eigenvalue weighted by Gasteiger charge is -2.39. The molecular formula is C30H29N3O4. The van der Waals surface area contributed by atoms with Gasteiger partial charge in [0.15, 0.2) is 11.5 Å². The van der Waals surface area contributed by atoms with Crippen molar-refractivity contribution in [1.82, 2.24) is 4.90 Å². The van der Waals surface area contributed by atoms with Crippen LogP contribution in [-0.2, 0) is 14.9 Å². The highest BCUT2D eigenvalue weighted by Crippen LogP contribution is 2.47. The molecule has 7 heteroatoms. The number of carbonyl (C=O) groups is 2. The molecule has 3 aromatic rings. The first-order valence-electron chi connectivity index (χ1n) is 12.4. The largest absolute Gasteiger partial charge is 0.469 e. The summed E-state index contributed by atoms with van der Waals surface area (Å²) in [5, 5.41) is 7.71. The van der Waals surface area contributed by atoms with Crippen molar-refractivity contribution in [2.45, 2.75) is 24.7 Å². The van der Waals surface area contributed by atoms with Crippen LogP contribution in [-0.4, -0.2) is 56.3 Å². The second-order valence-corrected chi connectivity index (χ2v) is 9.52. The number of rotatable bonds is 5. The van der Waals surface area contributed by atoms with Crippen molar-refractivity contribution >= 4 is 23.8 Å². The van der Waals surface area contributed by atoms with Crippen LogP contribution in [0.2, 0.25) is 0 Å². The number of methoxy groups -OCH3 is 1. The number of benzene rings is 2. The Kier molecular flexibility index (Phi) is 6.82. The van der Waals surface area contributed by atoms with E-state index in [9.17, 15) is 9.59 Å². The Labute approximate surface area is 216 Å². The van der Waals surface area contributed by atoms with Crippen LogP contribution < -0.4 is 4.90 Å². The number of likely N-dealkylation sites (tertiary alicyclic amines) is 1. The fourth-order valence-electron chi connectivity index (χ4n) is 5.30. The van der Waals surface area contributed by atoms with E-state index in [1.54, 1.807) is 12.1 Å². The van der Waals surface area contributed by atoms with Crippen LogP contribution in [0.15, 0.2) is 65.1 Å². The third kappa shape index (κ3) is 5.01. The van der Waals surface area contributed by atoms with Crippen LogP contribution in [0, 0.1) is 17.3 Å². The number of nitrogens with one attached hydrogen (secondary N) is 1. The Bertz CT molecular complexity index is 1370. The van der Waals surface area contributed by atoms with E-state index in [4.69, 9.17) is 14.6 Å². The minimum Gasteiger partial charge on any atom is -0.469 e. The summed E-state index contributed by atoms with van der Waals surface area (Å²) in [6, 6.07) is 19.1. The number of carbonyl (C=O) groups excluding carboxylic acids is 2. The molecule has 0 saturated carbocycles. The first kappa shape index (κ1) is 24.4. The van der Waals surface area contributed by atoms with Crippen LogP contribution in [0.4, 0.5) is 5.69 Å². The second kappa shape index (κ2) is 10.4. The molecule has 1 saturated heterocycles. The standard InChI is InChI=1S/C30H29N3O4/c1-36-28(34)13-16-33-21-30(25-19-23(20-31)8-11-26(25)33)14-17-32(18-15-30)29(35)27-12-10-24(37-27)9-7-22-5-3-2-4-6-22/h2-6,8,10-12,19-20,31H,13-18,21H2,1H3. The summed E-state index contributed by atoms with van der Waals surface area (Å²) in [6.45, 7) is 2.56. The quantitative estimate of drug-likeness (QED) is 0.325. The highest BCUT2D eigenvalue weighted by atomic mass is 16.5. The maximum Gasteiger partial charge on any atom is 0.307 e. The van der Waals surface area contributed by atoms with E-state index in [0.717, 1.165) is 36.2 Å². The molecule has 0 unspecified atom stereocenters. The predicted octanol–water partition coefficient (Wildman–Crippen LogP) is 4.23. The molecular weight excluding hydrogens is 466 g/mol. The van der Waals surface area contributed by atoms with Gasteiger partial charge in [-0.15, -0.1) is 0 Å². The average molecular weight is 496 g/mol. The molecule has 2 aliphatic rings. The highest BCUT2D eigenvalue weighted by molar-refractivity contribution is 5.91. The molecule has 1 amide bonds. The van der Waals surface area contributed by atoms with Gasteiger partial charge >= 0.3 is 5.97 Å². The van der Waals surface area contributed by atoms with E-state index in [-0.39, 0.29) is 17.3 Å². The average Bonchev–Trinajstić information content (AvgIpc) is 3.54. The number of hydrogen-bond acceptors (Lipinski definition) is 6. The van der Waals surface area contributed by atoms with Crippen molar-refractivity contribution < 1.29 is 18.7 Å². The van der Waals surface area contributed by atoms with Crippen LogP contribution in [0.5, 0.6) is 0 Å². The van der Waals surface area contributed by atoms with E-state index < -0.39 is 0 Å². The lowest BCUT2D eigenvalue weighted by atomic mass is 9.74. The van der Waals surface area contributed by atoms with Gasteiger partial charge in [-0.2, -0.15) is 0 Å². The first-order chi connectivity index (χ1) is 18.0. The molecule has 7 nitrogen and oxygen atoms in total. The van der Waals surface area contributed by atoms with Gasteiger partial charge in [0, 0.05) is 49.1 Å². The third-order valence-electron chi connectivity index (χ3n) is 7.33. The van der Waals surface area contributed by atoms with Crippen LogP contribution in [0.3, 0.4) is 0 Å². The first-order valence-corrected chi connectivity index (χ1v) is 12.4. The molecule has 0 aliphatic carbocycles. The summed E-state index contributed by atoms with van der Waals surface area (Å²) >= 11 is 0. The Morgan fingerprint density at radius 2 is 1.86 bits per heavy atom. The van der Waals surface area contributed by atoms with Crippen molar-refractivity contribution in [1.29, 1.82) is 5.41 Å². The van der Waals surface area contributed by atoms with Gasteiger partial charge in [0.1, 0.15) is 0 Å². The Balaban J connectivity index is 1.29. The minimum absolute atomic E-state index is 0.128. The smallest absolute Gasteiger partial charge is 0.307 e. The van der Waals surface area contributed by atoms with Crippen LogP contribution in [0.25, 0.3) is 0 Å². The Hall–Kier alpha value is -4.31. The molecule has 2 aromatic carbocycles. The van der Waals surface area contributed by atoms with Crippen molar-refractivity contribution in [3.05, 3.63) is 88.9 Å². The van der Waals surface area contributed by atoms with Crippen molar-refractivity contribution in [3.8, 4) is 11.8 Å². The Morgan fingerprint density at radius 1 is 1.08 bits per heavy atom. The van der Waals surface area contributed by atoms with E-state index in [2.05, 4.69) is 22.8 Å². The highest BCUT2D eigenvalue weighted by Gasteiger charge is 2.45. The maximum absolute atomic E-state index is 13.2. The number of nitrogens with zero attached hydrogens (tertiary/aromatic N) is 2. The number of fused-ring (bicyclic) bond motifs is 2. The third-order valence-corrected chi connectivity index (χ3v) is 7.33. The maximum atomic E-state index is 13.2. The molecule has 1 spiro atoms. The summed E-state index contributed by atoms with van der Waals surface area (Å²) in [4.78, 5) is 29.1. The van der Waals surface area contributed by atoms with Gasteiger partial charge < -0.3 is 24.4 Å². The molecule has 5 rings (SSSR count). The second-order valence-electron chi connectivity index (χ2n) is 9.52. The molecule has 2 aliphatic heterocycles. The summed E-state index contributed by atoms with van der Waals surface area (Å²) in [7, 11) is 1.41. The topological polar surface area (TPSA) is 86.8 Å². The van der Waals surface area contributed by atoms with Crippen molar-refractivity contribution in [2.75, 3.05) is 38.2 Å². The van der Waals surface area contributed by atoms with Gasteiger partial charge in [-0.3, -0.25) is 9.59 Å². The van der Waals surface area contributed by atoms with E-state index in [0.29, 0.717) is 37.6 Å². The number of ether oxygens (including phenoxy) is 1. The zero-order valence-electron chi connectivity index (χ0n) is 20.8. The monoisotopic (exact) mass is 495 g/mol. The molecule has 0 radical (unpaired) electrons. The van der Waals surface area contributed by atoms with Crippen molar-refractivity contribution in [3.63, 3.8) is 0 Å². The molecule has 0 atom stereocenters. The molecule has 1 N–H and O–H groups in total. The number of amides is 1. The molecule has 3 heterocycles. The van der Waals surface area contributed by atoms with Crippen LogP contribution in [0.1, 0.15) is 52.3 Å². The zero-order chi connectivity index (χ0) is 25.8. The van der Waals surface area contributed by atoms with Gasteiger partial charge in [0.25, 0.3) is 5.91 Å². The van der Waals surface area contributed by atoms with Gasteiger partial charge in [-0.25, -0.2) is 0 Å². The van der Waals surface area contributed by atoms with Crippen LogP contribution >= 0.6 is 0 Å². The lowest BCUT2D eigenvalue weighted by Crippen LogP contribution is -2.47. The van der Waals surface area contributed by atoms with Gasteiger partial charge in [-0.1, -0.05) is 30.2 Å². The lowest BCUT2D eigenvalue weighted by molar-refractivity contribution is -0.140. The number of furan rings is 1. The fourth-order valence-corrected chi connectivity index (χ4v) is 5.30. The Morgan fingerprint density at radius 3 is 2.59 bits per heavy atom. The number of anilines is 1. The normalized spacial score (nSPS) is 15.6. The molecule has 1 fully saturated rings. The summed E-state index contributed by atoms with van der Waals surface area (Å²) < 4.78 is 10.6. The van der Waals surface area contributed by atoms with E-state index in [1.807, 2.05) is 47.4 Å². The van der Waals surface area contributed by atoms with Crippen molar-refractivity contribution in [2.24, 2.45) is 0 Å². The summed E-state index contributed by atoms with van der Waals surface area (Å²) in [5.41, 5.74) is 3.91. The van der Waals surface area contributed by atoms with E-state index in [1.165, 1.54) is 18.9 Å². The zero-order valence-corrected chi connectivity index (χ0v) is 20.8. The van der Waals surface area contributed by atoms with E-state index >= 15 is 0 Å². The minimum atomic E-state index is -0.231. The number of piperidine rings is 1. The SMILES string of the molecule is COC(=O)CCN1CC2(CCN(C(=O)c3ccc(C#Cc4ccccc4)o3)CC2)c2cc(C=N)ccc21. The van der Waals surface area contributed by atoms with Gasteiger partial charge in [-0.05, 0) is 66.3 Å². The number of hydrogen-bond donors (Lipinski definition) is 1. The fraction of sp³-hybridized carbons (Fsp3) is 0.300. The van der Waals surface area contributed by atoms with Gasteiger partial charge in [0.05, 0.1) is 13.5 Å². The molecule has 0 bridgehead atoms. The molecule has 188 valence electrons. The summed E-state index contributed by atoms with van der Waals surface area (Å²) in [5.74, 6) is 6.44. The predicted molar refractivity (Wildman–Crippen MR) is 141 cm³/mol. The summed E-state index contributed by atoms with van der Waals surface area (Å²) in [6.07, 6.45) is 3.27. The molecule has 1 aromatic heterocycles. The molecule has 37 heavy (non-hydrogen) atoms. The van der Waals surface area contributed by atoms with Gasteiger partial charge in [0.2, 0.25) is 0 Å².